The van der Waals surface area contributed by atoms with Crippen molar-refractivity contribution in [1.82, 2.24) is 0 Å². The van der Waals surface area contributed by atoms with Crippen LogP contribution in [0.25, 0.3) is 0 Å². The molecule has 2 rings (SSSR count). The number of rotatable bonds is 3. The van der Waals surface area contributed by atoms with Gasteiger partial charge in [0.05, 0.1) is 0 Å². The summed E-state index contributed by atoms with van der Waals surface area (Å²) in [5, 5.41) is 3.63. The SMILES string of the molecule is Cc1ccc(NCC2CCCC(C)C2)c(C)c1. The van der Waals surface area contributed by atoms with Gasteiger partial charge in [-0.25, -0.2) is 0 Å². The Hall–Kier alpha value is -0.980. The van der Waals surface area contributed by atoms with Crippen molar-refractivity contribution in [2.45, 2.75) is 46.5 Å². The number of hydrogen-bond acceptors (Lipinski definition) is 1. The van der Waals surface area contributed by atoms with Gasteiger partial charge in [-0.2, -0.15) is 0 Å². The molecular formula is C16H25N. The normalized spacial score (nSPS) is 24.6. The third-order valence-corrected chi connectivity index (χ3v) is 4.01. The highest BCUT2D eigenvalue weighted by Crippen LogP contribution is 2.29. The zero-order valence-electron chi connectivity index (χ0n) is 11.4. The van der Waals surface area contributed by atoms with Gasteiger partial charge in [-0.15, -0.1) is 0 Å². The lowest BCUT2D eigenvalue weighted by Gasteiger charge is -2.27. The molecule has 1 aromatic rings. The minimum absolute atomic E-state index is 0.874. The van der Waals surface area contributed by atoms with Crippen molar-refractivity contribution in [3.05, 3.63) is 29.3 Å². The Morgan fingerprint density at radius 2 is 2.06 bits per heavy atom. The summed E-state index contributed by atoms with van der Waals surface area (Å²) in [6, 6.07) is 6.67. The largest absolute Gasteiger partial charge is 0.385 e. The second-order valence-corrected chi connectivity index (χ2v) is 5.84. The number of benzene rings is 1. The van der Waals surface area contributed by atoms with Gasteiger partial charge in [0.15, 0.2) is 0 Å². The summed E-state index contributed by atoms with van der Waals surface area (Å²) in [5.41, 5.74) is 4.03. The van der Waals surface area contributed by atoms with Crippen LogP contribution in [0.2, 0.25) is 0 Å². The Morgan fingerprint density at radius 1 is 1.24 bits per heavy atom. The Kier molecular flexibility index (Phi) is 4.09. The van der Waals surface area contributed by atoms with Gasteiger partial charge in [0, 0.05) is 12.2 Å². The third kappa shape index (κ3) is 3.49. The molecular weight excluding hydrogens is 206 g/mol. The average molecular weight is 231 g/mol. The smallest absolute Gasteiger partial charge is 0.0370 e. The molecule has 94 valence electrons. The Labute approximate surface area is 106 Å². The molecule has 1 N–H and O–H groups in total. The summed E-state index contributed by atoms with van der Waals surface area (Å²) in [4.78, 5) is 0. The second kappa shape index (κ2) is 5.57. The van der Waals surface area contributed by atoms with E-state index in [4.69, 9.17) is 0 Å². The van der Waals surface area contributed by atoms with Gasteiger partial charge in [-0.1, -0.05) is 37.5 Å². The van der Waals surface area contributed by atoms with Crippen LogP contribution >= 0.6 is 0 Å². The molecule has 1 saturated carbocycles. The van der Waals surface area contributed by atoms with Gasteiger partial charge >= 0.3 is 0 Å². The molecule has 17 heavy (non-hydrogen) atoms. The lowest BCUT2D eigenvalue weighted by Crippen LogP contribution is -2.21. The molecule has 0 aromatic heterocycles. The van der Waals surface area contributed by atoms with Crippen LogP contribution in [0.1, 0.15) is 43.7 Å². The molecule has 2 atom stereocenters. The molecule has 0 heterocycles. The van der Waals surface area contributed by atoms with Crippen molar-refractivity contribution in [3.8, 4) is 0 Å². The fourth-order valence-corrected chi connectivity index (χ4v) is 3.01. The molecule has 0 saturated heterocycles. The lowest BCUT2D eigenvalue weighted by atomic mass is 9.82. The number of anilines is 1. The Morgan fingerprint density at radius 3 is 2.76 bits per heavy atom. The highest BCUT2D eigenvalue weighted by molar-refractivity contribution is 5.51. The molecule has 1 aliphatic rings. The van der Waals surface area contributed by atoms with E-state index in [1.165, 1.54) is 42.5 Å². The molecule has 0 spiro atoms. The number of nitrogens with one attached hydrogen (secondary N) is 1. The second-order valence-electron chi connectivity index (χ2n) is 5.84. The minimum Gasteiger partial charge on any atom is -0.385 e. The fourth-order valence-electron chi connectivity index (χ4n) is 3.01. The average Bonchev–Trinajstić information content (AvgIpc) is 2.28. The van der Waals surface area contributed by atoms with E-state index in [-0.39, 0.29) is 0 Å². The van der Waals surface area contributed by atoms with E-state index in [0.717, 1.165) is 18.4 Å². The van der Waals surface area contributed by atoms with Crippen molar-refractivity contribution < 1.29 is 0 Å². The van der Waals surface area contributed by atoms with Gasteiger partial charge in [-0.3, -0.25) is 0 Å². The summed E-state index contributed by atoms with van der Waals surface area (Å²) in [7, 11) is 0. The standard InChI is InChI=1S/C16H25N/c1-12-5-4-6-15(10-12)11-17-16-8-7-13(2)9-14(16)3/h7-9,12,15,17H,4-6,10-11H2,1-3H3. The van der Waals surface area contributed by atoms with Crippen molar-refractivity contribution in [2.75, 3.05) is 11.9 Å². The molecule has 0 bridgehead atoms. The van der Waals surface area contributed by atoms with Crippen molar-refractivity contribution in [1.29, 1.82) is 0 Å². The molecule has 1 aliphatic carbocycles. The molecule has 0 aliphatic heterocycles. The maximum atomic E-state index is 3.63. The number of hydrogen-bond donors (Lipinski definition) is 1. The minimum atomic E-state index is 0.874. The topological polar surface area (TPSA) is 12.0 Å². The summed E-state index contributed by atoms with van der Waals surface area (Å²) >= 11 is 0. The first kappa shape index (κ1) is 12.5. The van der Waals surface area contributed by atoms with E-state index in [1.807, 2.05) is 0 Å². The van der Waals surface area contributed by atoms with Gasteiger partial charge in [0.25, 0.3) is 0 Å². The van der Waals surface area contributed by atoms with Crippen LogP contribution in [0.4, 0.5) is 5.69 Å². The van der Waals surface area contributed by atoms with Gasteiger partial charge in [0.1, 0.15) is 0 Å². The van der Waals surface area contributed by atoms with Crippen molar-refractivity contribution in [2.24, 2.45) is 11.8 Å². The van der Waals surface area contributed by atoms with Crippen LogP contribution in [0.15, 0.2) is 18.2 Å². The van der Waals surface area contributed by atoms with Crippen LogP contribution in [0.5, 0.6) is 0 Å². The van der Waals surface area contributed by atoms with Gasteiger partial charge in [-0.05, 0) is 50.2 Å². The molecule has 1 nitrogen and oxygen atoms in total. The quantitative estimate of drug-likeness (QED) is 0.805. The highest BCUT2D eigenvalue weighted by Gasteiger charge is 2.18. The predicted octanol–water partition coefficient (Wildman–Crippen LogP) is 4.54. The van der Waals surface area contributed by atoms with Crippen molar-refractivity contribution in [3.63, 3.8) is 0 Å². The molecule has 2 unspecified atom stereocenters. The monoisotopic (exact) mass is 231 g/mol. The first-order valence-corrected chi connectivity index (χ1v) is 6.96. The van der Waals surface area contributed by atoms with Crippen LogP contribution < -0.4 is 5.32 Å². The molecule has 0 amide bonds. The Bertz CT molecular complexity index is 370. The summed E-state index contributed by atoms with van der Waals surface area (Å²) in [5.74, 6) is 1.80. The van der Waals surface area contributed by atoms with Crippen molar-refractivity contribution >= 4 is 5.69 Å². The summed E-state index contributed by atoms with van der Waals surface area (Å²) < 4.78 is 0. The van der Waals surface area contributed by atoms with E-state index in [9.17, 15) is 0 Å². The molecule has 1 heteroatoms. The summed E-state index contributed by atoms with van der Waals surface area (Å²) in [6.07, 6.45) is 5.65. The maximum Gasteiger partial charge on any atom is 0.0370 e. The predicted molar refractivity (Wildman–Crippen MR) is 75.5 cm³/mol. The van der Waals surface area contributed by atoms with E-state index in [1.54, 1.807) is 0 Å². The third-order valence-electron chi connectivity index (χ3n) is 4.01. The van der Waals surface area contributed by atoms with Crippen LogP contribution in [0, 0.1) is 25.7 Å². The lowest BCUT2D eigenvalue weighted by molar-refractivity contribution is 0.293. The first-order valence-electron chi connectivity index (χ1n) is 6.96. The zero-order chi connectivity index (χ0) is 12.3. The molecule has 1 fully saturated rings. The van der Waals surface area contributed by atoms with Crippen LogP contribution in [0.3, 0.4) is 0 Å². The first-order chi connectivity index (χ1) is 8.15. The molecule has 1 aromatic carbocycles. The summed E-state index contributed by atoms with van der Waals surface area (Å²) in [6.45, 7) is 7.88. The fraction of sp³-hybridized carbons (Fsp3) is 0.625. The highest BCUT2D eigenvalue weighted by atomic mass is 14.9. The van der Waals surface area contributed by atoms with E-state index in [0.29, 0.717) is 0 Å². The zero-order valence-corrected chi connectivity index (χ0v) is 11.4. The maximum absolute atomic E-state index is 3.63. The van der Waals surface area contributed by atoms with E-state index in [2.05, 4.69) is 44.3 Å². The van der Waals surface area contributed by atoms with Crippen LogP contribution in [-0.2, 0) is 0 Å². The molecule has 0 radical (unpaired) electrons. The number of aryl methyl sites for hydroxylation is 2. The Balaban J connectivity index is 1.88. The van der Waals surface area contributed by atoms with Gasteiger partial charge < -0.3 is 5.32 Å². The van der Waals surface area contributed by atoms with Gasteiger partial charge in [0.2, 0.25) is 0 Å². The van der Waals surface area contributed by atoms with E-state index >= 15 is 0 Å². The van der Waals surface area contributed by atoms with Crippen LogP contribution in [-0.4, -0.2) is 6.54 Å². The van der Waals surface area contributed by atoms with E-state index < -0.39 is 0 Å².